The fraction of sp³-hybridized carbons (Fsp3) is 0.364. The van der Waals surface area contributed by atoms with Gasteiger partial charge in [0.2, 0.25) is 0 Å². The van der Waals surface area contributed by atoms with Crippen molar-refractivity contribution in [2.45, 2.75) is 31.7 Å². The van der Waals surface area contributed by atoms with Gasteiger partial charge in [0.05, 0.1) is 23.6 Å². The van der Waals surface area contributed by atoms with Crippen molar-refractivity contribution in [3.63, 3.8) is 0 Å². The minimum atomic E-state index is -3.64. The van der Waals surface area contributed by atoms with Crippen molar-refractivity contribution in [2.75, 3.05) is 26.3 Å². The average molecular weight is 399 g/mol. The number of hydrogen-bond acceptors (Lipinski definition) is 4. The Hall–Kier alpha value is -2.15. The first-order chi connectivity index (χ1) is 13.5. The van der Waals surface area contributed by atoms with Crippen molar-refractivity contribution >= 4 is 20.9 Å². The van der Waals surface area contributed by atoms with Crippen LogP contribution in [0.15, 0.2) is 53.6 Å². The zero-order chi connectivity index (χ0) is 19.7. The van der Waals surface area contributed by atoms with Crippen molar-refractivity contribution < 1.29 is 13.2 Å². The van der Waals surface area contributed by atoms with Crippen molar-refractivity contribution in [2.24, 2.45) is 0 Å². The SMILES string of the molecule is CCc1cn(S(=O)(=O)c2ccc(C)cc2)c2cc(CN3CCOCC3)ccc12. The van der Waals surface area contributed by atoms with Crippen molar-refractivity contribution in [3.8, 4) is 0 Å². The maximum absolute atomic E-state index is 13.3. The number of aromatic nitrogens is 1. The van der Waals surface area contributed by atoms with E-state index in [0.29, 0.717) is 4.90 Å². The van der Waals surface area contributed by atoms with E-state index in [9.17, 15) is 8.42 Å². The molecular weight excluding hydrogens is 372 g/mol. The zero-order valence-corrected chi connectivity index (χ0v) is 17.2. The van der Waals surface area contributed by atoms with Crippen LogP contribution in [0, 0.1) is 6.92 Å². The molecule has 1 aromatic heterocycles. The quantitative estimate of drug-likeness (QED) is 0.659. The Morgan fingerprint density at radius 3 is 2.43 bits per heavy atom. The lowest BCUT2D eigenvalue weighted by Gasteiger charge is -2.26. The van der Waals surface area contributed by atoms with Gasteiger partial charge < -0.3 is 4.74 Å². The van der Waals surface area contributed by atoms with Crippen LogP contribution < -0.4 is 0 Å². The topological polar surface area (TPSA) is 51.5 Å². The summed E-state index contributed by atoms with van der Waals surface area (Å²) in [6, 6.07) is 13.2. The van der Waals surface area contributed by atoms with Crippen LogP contribution >= 0.6 is 0 Å². The fourth-order valence-corrected chi connectivity index (χ4v) is 5.12. The van der Waals surface area contributed by atoms with Gasteiger partial charge in [0, 0.05) is 31.2 Å². The summed E-state index contributed by atoms with van der Waals surface area (Å²) in [7, 11) is -3.64. The lowest BCUT2D eigenvalue weighted by molar-refractivity contribution is 0.0342. The molecule has 0 N–H and O–H groups in total. The molecule has 0 spiro atoms. The molecule has 1 saturated heterocycles. The summed E-state index contributed by atoms with van der Waals surface area (Å²) in [6.07, 6.45) is 2.56. The van der Waals surface area contributed by atoms with Gasteiger partial charge >= 0.3 is 0 Å². The Morgan fingerprint density at radius 1 is 1.04 bits per heavy atom. The highest BCUT2D eigenvalue weighted by Gasteiger charge is 2.21. The van der Waals surface area contributed by atoms with Gasteiger partial charge in [0.25, 0.3) is 10.0 Å². The Bertz CT molecular complexity index is 1080. The molecule has 0 atom stereocenters. The Labute approximate surface area is 166 Å². The van der Waals surface area contributed by atoms with Gasteiger partial charge in [-0.25, -0.2) is 12.4 Å². The van der Waals surface area contributed by atoms with Crippen LogP contribution in [-0.4, -0.2) is 43.6 Å². The predicted octanol–water partition coefficient (Wildman–Crippen LogP) is 3.58. The number of rotatable bonds is 5. The molecule has 1 aliphatic heterocycles. The smallest absolute Gasteiger partial charge is 0.268 e. The summed E-state index contributed by atoms with van der Waals surface area (Å²) in [5.74, 6) is 0. The largest absolute Gasteiger partial charge is 0.379 e. The monoisotopic (exact) mass is 398 g/mol. The van der Waals surface area contributed by atoms with Gasteiger partial charge in [-0.1, -0.05) is 36.8 Å². The summed E-state index contributed by atoms with van der Waals surface area (Å²) >= 11 is 0. The molecular formula is C22H26N2O3S. The first-order valence-electron chi connectivity index (χ1n) is 9.74. The summed E-state index contributed by atoms with van der Waals surface area (Å²) in [5.41, 5.74) is 3.96. The lowest BCUT2D eigenvalue weighted by Crippen LogP contribution is -2.35. The number of aryl methyl sites for hydroxylation is 2. The molecule has 3 aromatic rings. The molecule has 4 rings (SSSR count). The molecule has 0 bridgehead atoms. The van der Waals surface area contributed by atoms with Crippen molar-refractivity contribution in [1.29, 1.82) is 0 Å². The molecule has 2 aromatic carbocycles. The third kappa shape index (κ3) is 3.60. The van der Waals surface area contributed by atoms with Crippen LogP contribution in [0.5, 0.6) is 0 Å². The Morgan fingerprint density at radius 2 is 1.75 bits per heavy atom. The first kappa shape index (κ1) is 19.2. The number of ether oxygens (including phenoxy) is 1. The second-order valence-corrected chi connectivity index (χ2v) is 9.18. The summed E-state index contributed by atoms with van der Waals surface area (Å²) < 4.78 is 33.5. The minimum absolute atomic E-state index is 0.316. The summed E-state index contributed by atoms with van der Waals surface area (Å²) in [5, 5.41) is 1.00. The van der Waals surface area contributed by atoms with Crippen LogP contribution in [0.1, 0.15) is 23.6 Å². The molecule has 0 radical (unpaired) electrons. The Balaban J connectivity index is 1.78. The third-order valence-corrected chi connectivity index (χ3v) is 7.08. The molecule has 1 fully saturated rings. The number of hydrogen-bond donors (Lipinski definition) is 0. The van der Waals surface area contributed by atoms with E-state index >= 15 is 0 Å². The molecule has 0 amide bonds. The molecule has 0 aliphatic carbocycles. The van der Waals surface area contributed by atoms with Crippen LogP contribution in [0.25, 0.3) is 10.9 Å². The van der Waals surface area contributed by atoms with E-state index in [1.165, 1.54) is 3.97 Å². The molecule has 5 nitrogen and oxygen atoms in total. The van der Waals surface area contributed by atoms with E-state index in [1.807, 2.05) is 25.1 Å². The van der Waals surface area contributed by atoms with E-state index in [1.54, 1.807) is 18.3 Å². The van der Waals surface area contributed by atoms with Crippen LogP contribution in [0.4, 0.5) is 0 Å². The molecule has 0 unspecified atom stereocenters. The van der Waals surface area contributed by atoms with E-state index in [2.05, 4.69) is 24.0 Å². The highest BCUT2D eigenvalue weighted by Crippen LogP contribution is 2.28. The first-order valence-corrected chi connectivity index (χ1v) is 11.2. The normalized spacial score (nSPS) is 15.9. The van der Waals surface area contributed by atoms with Crippen LogP contribution in [0.3, 0.4) is 0 Å². The van der Waals surface area contributed by atoms with Gasteiger partial charge in [-0.2, -0.15) is 0 Å². The molecule has 1 aliphatic rings. The summed E-state index contributed by atoms with van der Waals surface area (Å²) in [6.45, 7) is 8.12. The molecule has 28 heavy (non-hydrogen) atoms. The Kier molecular flexibility index (Phi) is 5.27. The molecule has 148 valence electrons. The standard InChI is InChI=1S/C22H26N2O3S/c1-3-19-16-24(28(25,26)20-7-4-17(2)5-8-20)22-14-18(6-9-21(19)22)15-23-10-12-27-13-11-23/h4-9,14,16H,3,10-13,15H2,1-2H3. The highest BCUT2D eigenvalue weighted by molar-refractivity contribution is 7.90. The number of nitrogens with zero attached hydrogens (tertiary/aromatic N) is 2. The predicted molar refractivity (Wildman–Crippen MR) is 111 cm³/mol. The number of benzene rings is 2. The van der Waals surface area contributed by atoms with E-state index < -0.39 is 10.0 Å². The number of morpholine rings is 1. The van der Waals surface area contributed by atoms with Gasteiger partial charge in [0.1, 0.15) is 0 Å². The van der Waals surface area contributed by atoms with Crippen LogP contribution in [0.2, 0.25) is 0 Å². The minimum Gasteiger partial charge on any atom is -0.379 e. The second-order valence-electron chi connectivity index (χ2n) is 7.36. The maximum atomic E-state index is 13.3. The van der Waals surface area contributed by atoms with Gasteiger partial charge in [-0.15, -0.1) is 0 Å². The van der Waals surface area contributed by atoms with Gasteiger partial charge in [-0.05, 0) is 42.7 Å². The second kappa shape index (κ2) is 7.70. The van der Waals surface area contributed by atoms with Crippen molar-refractivity contribution in [3.05, 3.63) is 65.4 Å². The molecule has 6 heteroatoms. The molecule has 2 heterocycles. The van der Waals surface area contributed by atoms with Crippen LogP contribution in [-0.2, 0) is 27.7 Å². The zero-order valence-electron chi connectivity index (χ0n) is 16.4. The maximum Gasteiger partial charge on any atom is 0.268 e. The third-order valence-electron chi connectivity index (χ3n) is 5.39. The molecule has 0 saturated carbocycles. The summed E-state index contributed by atoms with van der Waals surface area (Å²) in [4.78, 5) is 2.66. The fourth-order valence-electron chi connectivity index (χ4n) is 3.73. The van der Waals surface area contributed by atoms with E-state index in [4.69, 9.17) is 4.74 Å². The number of fused-ring (bicyclic) bond motifs is 1. The van der Waals surface area contributed by atoms with E-state index in [0.717, 1.165) is 66.9 Å². The van der Waals surface area contributed by atoms with E-state index in [-0.39, 0.29) is 0 Å². The highest BCUT2D eigenvalue weighted by atomic mass is 32.2. The van der Waals surface area contributed by atoms with Crippen molar-refractivity contribution in [1.82, 2.24) is 8.87 Å². The average Bonchev–Trinajstić information content (AvgIpc) is 3.08. The lowest BCUT2D eigenvalue weighted by atomic mass is 10.1. The van der Waals surface area contributed by atoms with Gasteiger partial charge in [0.15, 0.2) is 0 Å². The van der Waals surface area contributed by atoms with Gasteiger partial charge in [-0.3, -0.25) is 4.90 Å².